The number of benzene rings is 1. The maximum absolute atomic E-state index is 14.0. The molecule has 1 aromatic rings. The Labute approximate surface area is 112 Å². The molecule has 0 aliphatic heterocycles. The second kappa shape index (κ2) is 7.02. The standard InChI is InChI=1S/C15H19FO3/c1-10(2)9-19-15(18)11(3)14(17)13(16)12-7-5-4-6-8-12/h4-8,10-11,13H,9H2,1-3H3. The molecule has 0 saturated heterocycles. The van der Waals surface area contributed by atoms with E-state index in [2.05, 4.69) is 0 Å². The fourth-order valence-corrected chi connectivity index (χ4v) is 1.50. The van der Waals surface area contributed by atoms with Crippen molar-refractivity contribution in [1.82, 2.24) is 0 Å². The van der Waals surface area contributed by atoms with Crippen molar-refractivity contribution in [3.8, 4) is 0 Å². The van der Waals surface area contributed by atoms with Gasteiger partial charge in [0.2, 0.25) is 0 Å². The van der Waals surface area contributed by atoms with E-state index < -0.39 is 23.8 Å². The zero-order chi connectivity index (χ0) is 14.4. The number of Topliss-reactive ketones (excluding diaryl/α,β-unsaturated/α-hetero) is 1. The molecular formula is C15H19FO3. The summed E-state index contributed by atoms with van der Waals surface area (Å²) in [6, 6.07) is 8.08. The predicted octanol–water partition coefficient (Wildman–Crippen LogP) is 3.10. The van der Waals surface area contributed by atoms with Crippen LogP contribution in [0.25, 0.3) is 0 Å². The van der Waals surface area contributed by atoms with E-state index in [1.165, 1.54) is 19.1 Å². The van der Waals surface area contributed by atoms with Gasteiger partial charge in [0.1, 0.15) is 5.92 Å². The van der Waals surface area contributed by atoms with E-state index in [0.29, 0.717) is 0 Å². The summed E-state index contributed by atoms with van der Waals surface area (Å²) in [5.74, 6) is -2.34. The van der Waals surface area contributed by atoms with E-state index in [1.807, 2.05) is 13.8 Å². The van der Waals surface area contributed by atoms with Crippen molar-refractivity contribution in [2.75, 3.05) is 6.61 Å². The van der Waals surface area contributed by atoms with Crippen molar-refractivity contribution in [2.45, 2.75) is 26.9 Å². The van der Waals surface area contributed by atoms with Crippen molar-refractivity contribution in [3.63, 3.8) is 0 Å². The van der Waals surface area contributed by atoms with Crippen molar-refractivity contribution >= 4 is 11.8 Å². The molecule has 0 aromatic heterocycles. The Balaban J connectivity index is 2.64. The first kappa shape index (κ1) is 15.3. The van der Waals surface area contributed by atoms with Crippen LogP contribution in [0.3, 0.4) is 0 Å². The van der Waals surface area contributed by atoms with E-state index in [1.54, 1.807) is 18.2 Å². The van der Waals surface area contributed by atoms with Crippen LogP contribution in [0, 0.1) is 11.8 Å². The molecule has 3 nitrogen and oxygen atoms in total. The highest BCUT2D eigenvalue weighted by atomic mass is 19.1. The number of ether oxygens (including phenoxy) is 1. The fraction of sp³-hybridized carbons (Fsp3) is 0.467. The zero-order valence-electron chi connectivity index (χ0n) is 11.4. The number of rotatable bonds is 6. The van der Waals surface area contributed by atoms with Crippen LogP contribution >= 0.6 is 0 Å². The molecular weight excluding hydrogens is 247 g/mol. The molecule has 104 valence electrons. The van der Waals surface area contributed by atoms with Gasteiger partial charge in [0.05, 0.1) is 6.61 Å². The summed E-state index contributed by atoms with van der Waals surface area (Å²) in [7, 11) is 0. The molecule has 4 heteroatoms. The molecule has 1 rings (SSSR count). The summed E-state index contributed by atoms with van der Waals surface area (Å²) in [6.45, 7) is 5.39. The number of ketones is 1. The van der Waals surface area contributed by atoms with Gasteiger partial charge in [-0.05, 0) is 18.4 Å². The average Bonchev–Trinajstić information content (AvgIpc) is 2.43. The van der Waals surface area contributed by atoms with Crippen LogP contribution in [-0.2, 0) is 14.3 Å². The van der Waals surface area contributed by atoms with Crippen LogP contribution in [0.1, 0.15) is 32.5 Å². The quantitative estimate of drug-likeness (QED) is 0.587. The van der Waals surface area contributed by atoms with Crippen molar-refractivity contribution in [3.05, 3.63) is 35.9 Å². The minimum absolute atomic E-state index is 0.182. The molecule has 19 heavy (non-hydrogen) atoms. The Kier molecular flexibility index (Phi) is 5.67. The monoisotopic (exact) mass is 266 g/mol. The number of esters is 1. The number of hydrogen-bond acceptors (Lipinski definition) is 3. The molecule has 0 heterocycles. The number of carbonyl (C=O) groups is 2. The number of halogens is 1. The van der Waals surface area contributed by atoms with Crippen LogP contribution in [0.5, 0.6) is 0 Å². The molecule has 0 aliphatic rings. The van der Waals surface area contributed by atoms with Gasteiger partial charge in [-0.3, -0.25) is 9.59 Å². The largest absolute Gasteiger partial charge is 0.465 e. The van der Waals surface area contributed by atoms with Gasteiger partial charge in [-0.25, -0.2) is 4.39 Å². The molecule has 2 unspecified atom stereocenters. The second-order valence-corrected chi connectivity index (χ2v) is 4.92. The lowest BCUT2D eigenvalue weighted by Gasteiger charge is -2.14. The Morgan fingerprint density at radius 1 is 1.16 bits per heavy atom. The molecule has 0 spiro atoms. The molecule has 0 saturated carbocycles. The molecule has 0 amide bonds. The summed E-state index contributed by atoms with van der Waals surface area (Å²) >= 11 is 0. The Hall–Kier alpha value is -1.71. The molecule has 0 aliphatic carbocycles. The fourth-order valence-electron chi connectivity index (χ4n) is 1.50. The molecule has 0 N–H and O–H groups in total. The maximum atomic E-state index is 14.0. The third kappa shape index (κ3) is 4.47. The highest BCUT2D eigenvalue weighted by molar-refractivity contribution is 6.01. The SMILES string of the molecule is CC(C)COC(=O)C(C)C(=O)C(F)c1ccccc1. The van der Waals surface area contributed by atoms with Crippen LogP contribution in [0.15, 0.2) is 30.3 Å². The van der Waals surface area contributed by atoms with E-state index in [-0.39, 0.29) is 18.1 Å². The van der Waals surface area contributed by atoms with Gasteiger partial charge >= 0.3 is 5.97 Å². The first-order valence-electron chi connectivity index (χ1n) is 6.32. The summed E-state index contributed by atoms with van der Waals surface area (Å²) in [6.07, 6.45) is -1.79. The van der Waals surface area contributed by atoms with E-state index in [9.17, 15) is 14.0 Å². The van der Waals surface area contributed by atoms with Gasteiger partial charge in [0.25, 0.3) is 0 Å². The topological polar surface area (TPSA) is 43.4 Å². The van der Waals surface area contributed by atoms with Crippen LogP contribution in [0.2, 0.25) is 0 Å². The number of alkyl halides is 1. The lowest BCUT2D eigenvalue weighted by atomic mass is 9.98. The highest BCUT2D eigenvalue weighted by Crippen LogP contribution is 2.22. The van der Waals surface area contributed by atoms with Gasteiger partial charge in [0, 0.05) is 0 Å². The smallest absolute Gasteiger partial charge is 0.316 e. The average molecular weight is 266 g/mol. The van der Waals surface area contributed by atoms with Gasteiger partial charge in [0.15, 0.2) is 12.0 Å². The highest BCUT2D eigenvalue weighted by Gasteiger charge is 2.30. The van der Waals surface area contributed by atoms with Crippen molar-refractivity contribution in [2.24, 2.45) is 11.8 Å². The number of carbonyl (C=O) groups excluding carboxylic acids is 2. The Morgan fingerprint density at radius 2 is 1.74 bits per heavy atom. The third-order valence-electron chi connectivity index (χ3n) is 2.68. The molecule has 0 bridgehead atoms. The molecule has 1 aromatic carbocycles. The molecule has 0 radical (unpaired) electrons. The van der Waals surface area contributed by atoms with Crippen LogP contribution in [0.4, 0.5) is 4.39 Å². The maximum Gasteiger partial charge on any atom is 0.316 e. The summed E-state index contributed by atoms with van der Waals surface area (Å²) in [5.41, 5.74) is 0.260. The lowest BCUT2D eigenvalue weighted by Crippen LogP contribution is -2.27. The minimum Gasteiger partial charge on any atom is -0.465 e. The predicted molar refractivity (Wildman–Crippen MR) is 70.3 cm³/mol. The van der Waals surface area contributed by atoms with Crippen molar-refractivity contribution in [1.29, 1.82) is 0 Å². The first-order valence-corrected chi connectivity index (χ1v) is 6.32. The molecule has 2 atom stereocenters. The number of hydrogen-bond donors (Lipinski definition) is 0. The van der Waals surface area contributed by atoms with E-state index in [4.69, 9.17) is 4.74 Å². The Morgan fingerprint density at radius 3 is 2.26 bits per heavy atom. The molecule has 0 fully saturated rings. The normalized spacial score (nSPS) is 13.9. The second-order valence-electron chi connectivity index (χ2n) is 4.92. The third-order valence-corrected chi connectivity index (χ3v) is 2.68. The van der Waals surface area contributed by atoms with Gasteiger partial charge in [-0.2, -0.15) is 0 Å². The van der Waals surface area contributed by atoms with Gasteiger partial charge in [-0.1, -0.05) is 44.2 Å². The van der Waals surface area contributed by atoms with Crippen molar-refractivity contribution < 1.29 is 18.7 Å². The Bertz CT molecular complexity index is 428. The van der Waals surface area contributed by atoms with Gasteiger partial charge < -0.3 is 4.74 Å². The zero-order valence-corrected chi connectivity index (χ0v) is 11.4. The minimum atomic E-state index is -1.79. The van der Waals surface area contributed by atoms with Crippen LogP contribution < -0.4 is 0 Å². The summed E-state index contributed by atoms with van der Waals surface area (Å²) in [4.78, 5) is 23.5. The first-order chi connectivity index (χ1) is 8.93. The van der Waals surface area contributed by atoms with E-state index >= 15 is 0 Å². The summed E-state index contributed by atoms with van der Waals surface area (Å²) in [5, 5.41) is 0. The van der Waals surface area contributed by atoms with Gasteiger partial charge in [-0.15, -0.1) is 0 Å². The summed E-state index contributed by atoms with van der Waals surface area (Å²) < 4.78 is 18.9. The lowest BCUT2D eigenvalue weighted by molar-refractivity contribution is -0.153. The van der Waals surface area contributed by atoms with E-state index in [0.717, 1.165) is 0 Å². The van der Waals surface area contributed by atoms with Crippen LogP contribution in [-0.4, -0.2) is 18.4 Å².